The fraction of sp³-hybridized carbons (Fsp3) is 0.222. The number of sulfonamides is 1. The highest BCUT2D eigenvalue weighted by molar-refractivity contribution is 7.89. The summed E-state index contributed by atoms with van der Waals surface area (Å²) in [5.41, 5.74) is -0.0472. The molecule has 1 heterocycles. The number of methoxy groups -OCH3 is 1. The highest BCUT2D eigenvalue weighted by Gasteiger charge is 2.27. The number of benzene rings is 2. The smallest absolute Gasteiger partial charge is 0.263 e. The van der Waals surface area contributed by atoms with Crippen molar-refractivity contribution in [2.24, 2.45) is 0 Å². The van der Waals surface area contributed by atoms with E-state index in [9.17, 15) is 22.0 Å². The van der Waals surface area contributed by atoms with Gasteiger partial charge in [-0.15, -0.1) is 0 Å². The number of ether oxygens (including phenoxy) is 1. The number of alkyl halides is 2. The molecule has 0 aliphatic carbocycles. The minimum atomic E-state index is -4.28. The molecule has 12 heteroatoms. The van der Waals surface area contributed by atoms with Crippen molar-refractivity contribution in [1.82, 2.24) is 14.5 Å². The third-order valence-corrected chi connectivity index (χ3v) is 6.40. The van der Waals surface area contributed by atoms with E-state index in [1.54, 1.807) is 6.07 Å². The molecular weight excluding hydrogens is 442 g/mol. The average Bonchev–Trinajstić information content (AvgIpc) is 3.15. The van der Waals surface area contributed by atoms with E-state index < -0.39 is 39.4 Å². The van der Waals surface area contributed by atoms with Gasteiger partial charge in [0.1, 0.15) is 10.6 Å². The molecule has 0 radical (unpaired) electrons. The topological polar surface area (TPSA) is 104 Å². The lowest BCUT2D eigenvalue weighted by molar-refractivity contribution is -0.116. The van der Waals surface area contributed by atoms with Gasteiger partial charge in [-0.1, -0.05) is 11.6 Å². The maximum absolute atomic E-state index is 13.2. The maximum atomic E-state index is 13.2. The van der Waals surface area contributed by atoms with Gasteiger partial charge in [-0.25, -0.2) is 17.2 Å². The van der Waals surface area contributed by atoms with E-state index in [1.807, 2.05) is 0 Å². The fourth-order valence-electron chi connectivity index (χ4n) is 2.78. The number of hydrogen-bond acceptors (Lipinski definition) is 5. The van der Waals surface area contributed by atoms with Gasteiger partial charge >= 0.3 is 0 Å². The summed E-state index contributed by atoms with van der Waals surface area (Å²) in [6, 6.07) is 6.56. The van der Waals surface area contributed by atoms with Gasteiger partial charge in [0.25, 0.3) is 6.43 Å². The van der Waals surface area contributed by atoms with Crippen LogP contribution in [-0.4, -0.2) is 49.5 Å². The molecule has 0 aliphatic rings. The molecule has 0 fully saturated rings. The zero-order valence-corrected chi connectivity index (χ0v) is 17.4. The number of aromatic nitrogens is 2. The summed E-state index contributed by atoms with van der Waals surface area (Å²) in [7, 11) is -1.66. The van der Waals surface area contributed by atoms with Crippen molar-refractivity contribution in [2.45, 2.75) is 11.3 Å². The standard InChI is InChI=1S/C18H17ClF2N4O4S/c1-25(9-16(26)23-12-3-4-14(29-2)13(19)7-12)30(27,28)15-6-10(18(20)21)5-11-8-22-24-17(11)15/h3-8,18H,9H2,1-2H3,(H,22,24)(H,23,26). The van der Waals surface area contributed by atoms with Crippen molar-refractivity contribution < 1.29 is 26.7 Å². The average molecular weight is 459 g/mol. The normalized spacial score (nSPS) is 12.0. The number of amides is 1. The molecule has 1 aromatic heterocycles. The quantitative estimate of drug-likeness (QED) is 0.564. The predicted octanol–water partition coefficient (Wildman–Crippen LogP) is 3.42. The Morgan fingerprint density at radius 1 is 1.33 bits per heavy atom. The molecule has 0 saturated heterocycles. The molecule has 1 amide bonds. The molecule has 3 rings (SSSR count). The van der Waals surface area contributed by atoms with Crippen LogP contribution in [0.25, 0.3) is 10.9 Å². The van der Waals surface area contributed by atoms with E-state index in [4.69, 9.17) is 16.3 Å². The van der Waals surface area contributed by atoms with Crippen LogP contribution in [-0.2, 0) is 14.8 Å². The van der Waals surface area contributed by atoms with Gasteiger partial charge in [-0.3, -0.25) is 9.89 Å². The number of nitrogens with one attached hydrogen (secondary N) is 2. The summed E-state index contributed by atoms with van der Waals surface area (Å²) >= 11 is 6.00. The predicted molar refractivity (Wildman–Crippen MR) is 108 cm³/mol. The van der Waals surface area contributed by atoms with Crippen molar-refractivity contribution in [2.75, 3.05) is 26.0 Å². The first-order valence-corrected chi connectivity index (χ1v) is 10.3. The van der Waals surface area contributed by atoms with E-state index in [0.29, 0.717) is 11.4 Å². The summed E-state index contributed by atoms with van der Waals surface area (Å²) in [4.78, 5) is 11.9. The number of carbonyl (C=O) groups is 1. The second-order valence-corrected chi connectivity index (χ2v) is 8.73. The molecule has 30 heavy (non-hydrogen) atoms. The molecule has 3 aromatic rings. The molecule has 0 atom stereocenters. The maximum Gasteiger partial charge on any atom is 0.263 e. The molecule has 0 spiro atoms. The highest BCUT2D eigenvalue weighted by atomic mass is 35.5. The van der Waals surface area contributed by atoms with Gasteiger partial charge in [-0.2, -0.15) is 9.40 Å². The monoisotopic (exact) mass is 458 g/mol. The SMILES string of the molecule is COc1ccc(NC(=O)CN(C)S(=O)(=O)c2cc(C(F)F)cc3cn[nH]c23)cc1Cl. The summed E-state index contributed by atoms with van der Waals surface area (Å²) in [6.07, 6.45) is -1.62. The van der Waals surface area contributed by atoms with Crippen molar-refractivity contribution >= 4 is 44.1 Å². The lowest BCUT2D eigenvalue weighted by Gasteiger charge is -2.18. The number of fused-ring (bicyclic) bond motifs is 1. The van der Waals surface area contributed by atoms with Crippen molar-refractivity contribution in [3.63, 3.8) is 0 Å². The van der Waals surface area contributed by atoms with Crippen LogP contribution >= 0.6 is 11.6 Å². The number of nitrogens with zero attached hydrogens (tertiary/aromatic N) is 2. The molecule has 2 aromatic carbocycles. The minimum Gasteiger partial charge on any atom is -0.495 e. The van der Waals surface area contributed by atoms with Gasteiger partial charge in [0.2, 0.25) is 15.9 Å². The van der Waals surface area contributed by atoms with Crippen LogP contribution in [0, 0.1) is 0 Å². The third-order valence-electron chi connectivity index (χ3n) is 4.28. The number of aromatic amines is 1. The summed E-state index contributed by atoms with van der Waals surface area (Å²) in [5, 5.41) is 9.23. The van der Waals surface area contributed by atoms with Gasteiger partial charge in [0, 0.05) is 23.7 Å². The fourth-order valence-corrected chi connectivity index (χ4v) is 4.36. The zero-order valence-electron chi connectivity index (χ0n) is 15.8. The number of likely N-dealkylation sites (N-methyl/N-ethyl adjacent to an activating group) is 1. The molecule has 0 aliphatic heterocycles. The number of hydrogen-bond donors (Lipinski definition) is 2. The Balaban J connectivity index is 1.83. The van der Waals surface area contributed by atoms with E-state index in [-0.39, 0.29) is 15.9 Å². The lowest BCUT2D eigenvalue weighted by Crippen LogP contribution is -2.35. The van der Waals surface area contributed by atoms with Crippen molar-refractivity contribution in [3.8, 4) is 5.75 Å². The molecule has 0 unspecified atom stereocenters. The van der Waals surface area contributed by atoms with Crippen LogP contribution in [0.1, 0.15) is 12.0 Å². The van der Waals surface area contributed by atoms with E-state index >= 15 is 0 Å². The van der Waals surface area contributed by atoms with Gasteiger partial charge in [-0.05, 0) is 30.3 Å². The summed E-state index contributed by atoms with van der Waals surface area (Å²) in [5.74, 6) is -0.231. The van der Waals surface area contributed by atoms with Gasteiger partial charge < -0.3 is 10.1 Å². The van der Waals surface area contributed by atoms with E-state index in [1.165, 1.54) is 32.5 Å². The lowest BCUT2D eigenvalue weighted by atomic mass is 10.2. The molecule has 0 bridgehead atoms. The Kier molecular flexibility index (Phi) is 6.25. The Morgan fingerprint density at radius 3 is 2.70 bits per heavy atom. The van der Waals surface area contributed by atoms with Crippen LogP contribution in [0.3, 0.4) is 0 Å². The van der Waals surface area contributed by atoms with Gasteiger partial charge in [0.15, 0.2) is 0 Å². The number of H-pyrrole nitrogens is 1. The first kappa shape index (κ1) is 21.9. The van der Waals surface area contributed by atoms with Crippen LogP contribution in [0.2, 0.25) is 5.02 Å². The van der Waals surface area contributed by atoms with E-state index in [0.717, 1.165) is 16.4 Å². The van der Waals surface area contributed by atoms with Crippen LogP contribution in [0.15, 0.2) is 41.4 Å². The third kappa shape index (κ3) is 4.37. The first-order chi connectivity index (χ1) is 14.1. The molecule has 0 saturated carbocycles. The molecular formula is C18H17ClF2N4O4S. The molecule has 160 valence electrons. The van der Waals surface area contributed by atoms with Crippen LogP contribution < -0.4 is 10.1 Å². The van der Waals surface area contributed by atoms with Crippen molar-refractivity contribution in [3.05, 3.63) is 47.1 Å². The Labute approximate surface area is 175 Å². The zero-order chi connectivity index (χ0) is 22.1. The summed E-state index contributed by atoms with van der Waals surface area (Å²) in [6.45, 7) is -0.555. The number of carbonyl (C=O) groups excluding carboxylic acids is 1. The highest BCUT2D eigenvalue weighted by Crippen LogP contribution is 2.30. The van der Waals surface area contributed by atoms with Gasteiger partial charge in [0.05, 0.1) is 30.4 Å². The van der Waals surface area contributed by atoms with Crippen LogP contribution in [0.4, 0.5) is 14.5 Å². The van der Waals surface area contributed by atoms with Crippen LogP contribution in [0.5, 0.6) is 5.75 Å². The second kappa shape index (κ2) is 8.54. The summed E-state index contributed by atoms with van der Waals surface area (Å²) < 4.78 is 58.1. The second-order valence-electron chi connectivity index (χ2n) is 6.31. The number of halogens is 3. The molecule has 8 nitrogen and oxygen atoms in total. The molecule has 2 N–H and O–H groups in total. The first-order valence-electron chi connectivity index (χ1n) is 8.48. The Hall–Kier alpha value is -2.76. The largest absolute Gasteiger partial charge is 0.495 e. The Morgan fingerprint density at radius 2 is 2.07 bits per heavy atom. The number of rotatable bonds is 7. The minimum absolute atomic E-state index is 0.0774. The van der Waals surface area contributed by atoms with Crippen molar-refractivity contribution in [1.29, 1.82) is 0 Å². The van der Waals surface area contributed by atoms with E-state index in [2.05, 4.69) is 15.5 Å². The Bertz CT molecular complexity index is 1200. The number of anilines is 1.